The largest absolute Gasteiger partial charge is 0.493 e. The number of rotatable bonds is 11. The Morgan fingerprint density at radius 1 is 0.975 bits per heavy atom. The lowest BCUT2D eigenvalue weighted by Crippen LogP contribution is -2.50. The van der Waals surface area contributed by atoms with Crippen molar-refractivity contribution in [1.82, 2.24) is 15.5 Å². The number of nitrogens with one attached hydrogen (secondary N) is 2. The van der Waals surface area contributed by atoms with Gasteiger partial charge in [0, 0.05) is 19.5 Å². The Kier molecular flexibility index (Phi) is 9.38. The second kappa shape index (κ2) is 12.9. The third-order valence-electron chi connectivity index (χ3n) is 6.72. The number of hydrogen-bond donors (Lipinski definition) is 3. The van der Waals surface area contributed by atoms with Crippen LogP contribution in [-0.4, -0.2) is 67.9 Å². The molecule has 1 saturated heterocycles. The molecule has 1 heterocycles. The second-order valence-corrected chi connectivity index (χ2v) is 11.1. The van der Waals surface area contributed by atoms with Crippen LogP contribution >= 0.6 is 0 Å². The molecule has 40 heavy (non-hydrogen) atoms. The lowest BCUT2D eigenvalue weighted by molar-refractivity contribution is -0.132. The molecule has 0 spiro atoms. The molecule has 4 rings (SSSR count). The van der Waals surface area contributed by atoms with Crippen molar-refractivity contribution in [2.75, 3.05) is 26.2 Å². The molecule has 0 bridgehead atoms. The number of fused-ring (bicyclic) bond motifs is 1. The summed E-state index contributed by atoms with van der Waals surface area (Å²) < 4.78 is 37.3. The van der Waals surface area contributed by atoms with Gasteiger partial charge in [-0.15, -0.1) is 0 Å². The molecule has 11 heteroatoms. The molecule has 212 valence electrons. The predicted octanol–water partition coefficient (Wildman–Crippen LogP) is 2.71. The summed E-state index contributed by atoms with van der Waals surface area (Å²) in [5.41, 5.74) is 1.33. The monoisotopic (exact) mass is 567 g/mol. The molecule has 0 aliphatic carbocycles. The Bertz CT molecular complexity index is 1480. The molecule has 0 aromatic heterocycles. The number of benzene rings is 3. The van der Waals surface area contributed by atoms with E-state index in [-0.39, 0.29) is 18.9 Å². The van der Waals surface area contributed by atoms with E-state index in [1.165, 1.54) is 12.1 Å². The van der Waals surface area contributed by atoms with Crippen LogP contribution in [0.15, 0.2) is 60.7 Å². The van der Waals surface area contributed by atoms with Crippen LogP contribution in [0.5, 0.6) is 5.75 Å². The smallest absolute Gasteiger partial charge is 0.269 e. The quantitative estimate of drug-likeness (QED) is 0.303. The summed E-state index contributed by atoms with van der Waals surface area (Å²) in [7, 11) is -4.19. The SMILES string of the molecule is CCOc1ccc2ccccc2c1C(=O)N[C@@H](Cc1ccc(CS(=O)(=O)O)cc1)C(=O)NCC(=O)N1CCCC1. The highest BCUT2D eigenvalue weighted by Gasteiger charge is 2.26. The van der Waals surface area contributed by atoms with E-state index in [0.29, 0.717) is 47.5 Å². The molecular weight excluding hydrogens is 534 g/mol. The van der Waals surface area contributed by atoms with Crippen molar-refractivity contribution >= 4 is 38.6 Å². The van der Waals surface area contributed by atoms with E-state index in [0.717, 1.165) is 18.2 Å². The summed E-state index contributed by atoms with van der Waals surface area (Å²) in [5, 5.41) is 7.00. The standard InChI is InChI=1S/C29H33N3O7S/c1-2-39-25-14-13-22-7-3-4-8-23(22)27(25)29(35)31-24(28(34)30-18-26(33)32-15-5-6-16-32)17-20-9-11-21(12-10-20)19-40(36,37)38/h3-4,7-14,24H,2,5-6,15-19H2,1H3,(H,30,34)(H,31,35)(H,36,37,38)/t24-/m0/s1. The zero-order valence-electron chi connectivity index (χ0n) is 22.3. The van der Waals surface area contributed by atoms with Gasteiger partial charge < -0.3 is 20.3 Å². The zero-order chi connectivity index (χ0) is 28.7. The van der Waals surface area contributed by atoms with Gasteiger partial charge in [0.05, 0.1) is 18.7 Å². The minimum Gasteiger partial charge on any atom is -0.493 e. The van der Waals surface area contributed by atoms with Crippen LogP contribution in [0.25, 0.3) is 10.8 Å². The van der Waals surface area contributed by atoms with Gasteiger partial charge in [-0.2, -0.15) is 8.42 Å². The number of hydrogen-bond acceptors (Lipinski definition) is 6. The third-order valence-corrected chi connectivity index (χ3v) is 7.42. The number of carbonyl (C=O) groups excluding carboxylic acids is 3. The summed E-state index contributed by atoms with van der Waals surface area (Å²) in [5.74, 6) is -1.36. The lowest BCUT2D eigenvalue weighted by Gasteiger charge is -2.21. The maximum Gasteiger partial charge on any atom is 0.269 e. The molecule has 0 unspecified atom stereocenters. The van der Waals surface area contributed by atoms with Crippen molar-refractivity contribution in [2.24, 2.45) is 0 Å². The van der Waals surface area contributed by atoms with E-state index in [2.05, 4.69) is 10.6 Å². The zero-order valence-corrected chi connectivity index (χ0v) is 23.1. The van der Waals surface area contributed by atoms with E-state index >= 15 is 0 Å². The third kappa shape index (κ3) is 7.57. The molecule has 0 saturated carbocycles. The lowest BCUT2D eigenvalue weighted by atomic mass is 10.0. The highest BCUT2D eigenvalue weighted by molar-refractivity contribution is 7.85. The van der Waals surface area contributed by atoms with Gasteiger partial charge in [0.25, 0.3) is 16.0 Å². The molecule has 1 fully saturated rings. The maximum absolute atomic E-state index is 13.7. The van der Waals surface area contributed by atoms with Crippen LogP contribution in [0.2, 0.25) is 0 Å². The Labute approximate surface area is 233 Å². The molecule has 0 radical (unpaired) electrons. The van der Waals surface area contributed by atoms with Crippen molar-refractivity contribution in [1.29, 1.82) is 0 Å². The highest BCUT2D eigenvalue weighted by Crippen LogP contribution is 2.28. The number of ether oxygens (including phenoxy) is 1. The van der Waals surface area contributed by atoms with Gasteiger partial charge in [-0.05, 0) is 47.7 Å². The normalized spacial score (nSPS) is 14.1. The van der Waals surface area contributed by atoms with E-state index in [4.69, 9.17) is 9.29 Å². The first kappa shape index (κ1) is 29.0. The molecule has 3 aromatic carbocycles. The summed E-state index contributed by atoms with van der Waals surface area (Å²) >= 11 is 0. The highest BCUT2D eigenvalue weighted by atomic mass is 32.2. The molecule has 3 N–H and O–H groups in total. The van der Waals surface area contributed by atoms with Gasteiger partial charge >= 0.3 is 0 Å². The fourth-order valence-electron chi connectivity index (χ4n) is 4.78. The average Bonchev–Trinajstić information content (AvgIpc) is 3.47. The summed E-state index contributed by atoms with van der Waals surface area (Å²) in [6.45, 7) is 3.29. The first-order valence-corrected chi connectivity index (χ1v) is 14.8. The van der Waals surface area contributed by atoms with Crippen LogP contribution in [0.1, 0.15) is 41.3 Å². The fourth-order valence-corrected chi connectivity index (χ4v) is 5.40. The van der Waals surface area contributed by atoms with Gasteiger partial charge in [-0.3, -0.25) is 18.9 Å². The van der Waals surface area contributed by atoms with Crippen molar-refractivity contribution in [3.8, 4) is 5.75 Å². The number of amides is 3. The van der Waals surface area contributed by atoms with Gasteiger partial charge in [0.2, 0.25) is 11.8 Å². The van der Waals surface area contributed by atoms with Crippen LogP contribution in [-0.2, 0) is 31.9 Å². The van der Waals surface area contributed by atoms with Crippen LogP contribution in [0, 0.1) is 0 Å². The van der Waals surface area contributed by atoms with Gasteiger partial charge in [0.15, 0.2) is 0 Å². The number of nitrogens with zero attached hydrogens (tertiary/aromatic N) is 1. The molecule has 10 nitrogen and oxygen atoms in total. The van der Waals surface area contributed by atoms with Crippen LogP contribution in [0.4, 0.5) is 0 Å². The van der Waals surface area contributed by atoms with Gasteiger partial charge in [-0.1, -0.05) is 54.6 Å². The van der Waals surface area contributed by atoms with Gasteiger partial charge in [-0.25, -0.2) is 0 Å². The maximum atomic E-state index is 13.7. The predicted molar refractivity (Wildman–Crippen MR) is 151 cm³/mol. The summed E-state index contributed by atoms with van der Waals surface area (Å²) in [6.07, 6.45) is 1.94. The Morgan fingerprint density at radius 3 is 2.33 bits per heavy atom. The number of likely N-dealkylation sites (tertiary alicyclic amines) is 1. The van der Waals surface area contributed by atoms with Crippen molar-refractivity contribution in [3.05, 3.63) is 77.4 Å². The van der Waals surface area contributed by atoms with E-state index in [1.807, 2.05) is 37.3 Å². The Morgan fingerprint density at radius 2 is 1.65 bits per heavy atom. The average molecular weight is 568 g/mol. The van der Waals surface area contributed by atoms with E-state index in [1.54, 1.807) is 23.1 Å². The van der Waals surface area contributed by atoms with Crippen molar-refractivity contribution in [2.45, 2.75) is 38.0 Å². The fraction of sp³-hybridized carbons (Fsp3) is 0.345. The molecule has 1 aliphatic heterocycles. The molecule has 3 amide bonds. The molecular formula is C29H33N3O7S. The van der Waals surface area contributed by atoms with Crippen LogP contribution < -0.4 is 15.4 Å². The minimum atomic E-state index is -4.19. The summed E-state index contributed by atoms with van der Waals surface area (Å²) in [6, 6.07) is 16.2. The molecule has 3 aromatic rings. The topological polar surface area (TPSA) is 142 Å². The summed E-state index contributed by atoms with van der Waals surface area (Å²) in [4.78, 5) is 41.2. The van der Waals surface area contributed by atoms with E-state index < -0.39 is 33.7 Å². The van der Waals surface area contributed by atoms with Gasteiger partial charge in [0.1, 0.15) is 17.5 Å². The minimum absolute atomic E-state index is 0.0797. The first-order chi connectivity index (χ1) is 19.1. The first-order valence-electron chi connectivity index (χ1n) is 13.2. The number of carbonyl (C=O) groups is 3. The van der Waals surface area contributed by atoms with Crippen molar-refractivity contribution < 1.29 is 32.1 Å². The molecule has 1 aliphatic rings. The van der Waals surface area contributed by atoms with E-state index in [9.17, 15) is 22.8 Å². The van der Waals surface area contributed by atoms with Crippen LogP contribution in [0.3, 0.4) is 0 Å². The Balaban J connectivity index is 1.58. The molecule has 1 atom stereocenters. The Hall–Kier alpha value is -3.96. The van der Waals surface area contributed by atoms with Crippen molar-refractivity contribution in [3.63, 3.8) is 0 Å². The second-order valence-electron chi connectivity index (χ2n) is 9.67.